The van der Waals surface area contributed by atoms with Crippen LogP contribution in [0.3, 0.4) is 0 Å². The van der Waals surface area contributed by atoms with Gasteiger partial charge < -0.3 is 15.2 Å². The number of rotatable bonds is 3. The number of benzene rings is 1. The summed E-state index contributed by atoms with van der Waals surface area (Å²) in [5.74, 6) is -1.79. The van der Waals surface area contributed by atoms with Crippen LogP contribution in [0.15, 0.2) is 18.2 Å². The normalized spacial score (nSPS) is 31.8. The van der Waals surface area contributed by atoms with Crippen LogP contribution in [0.2, 0.25) is 0 Å². The molecule has 1 spiro atoms. The molecule has 0 radical (unpaired) electrons. The van der Waals surface area contributed by atoms with Crippen LogP contribution in [-0.4, -0.2) is 41.9 Å². The Labute approximate surface area is 151 Å². The summed E-state index contributed by atoms with van der Waals surface area (Å²) in [6, 6.07) is 5.24. The molecule has 7 nitrogen and oxygen atoms in total. The van der Waals surface area contributed by atoms with Crippen molar-refractivity contribution in [2.45, 2.75) is 49.7 Å². The van der Waals surface area contributed by atoms with Crippen molar-refractivity contribution in [3.8, 4) is 0 Å². The minimum Gasteiger partial charge on any atom is -0.481 e. The molecule has 4 rings (SSSR count). The van der Waals surface area contributed by atoms with Crippen molar-refractivity contribution in [1.82, 2.24) is 5.32 Å². The van der Waals surface area contributed by atoms with Gasteiger partial charge in [-0.05, 0) is 42.9 Å². The third-order valence-corrected chi connectivity index (χ3v) is 8.55. The zero-order valence-electron chi connectivity index (χ0n) is 14.2. The molecule has 1 aromatic rings. The van der Waals surface area contributed by atoms with E-state index < -0.39 is 26.5 Å². The van der Waals surface area contributed by atoms with Crippen LogP contribution < -0.4 is 5.32 Å². The number of fused-ring (bicyclic) bond motifs is 1. The highest BCUT2D eigenvalue weighted by molar-refractivity contribution is 7.92. The molecule has 8 heteroatoms. The monoisotopic (exact) mass is 379 g/mol. The average Bonchev–Trinajstić information content (AvgIpc) is 3.02. The first kappa shape index (κ1) is 17.5. The van der Waals surface area contributed by atoms with Crippen molar-refractivity contribution in [1.29, 1.82) is 0 Å². The summed E-state index contributed by atoms with van der Waals surface area (Å²) in [5, 5.41) is 12.1. The van der Waals surface area contributed by atoms with E-state index in [0.717, 1.165) is 11.1 Å². The summed E-state index contributed by atoms with van der Waals surface area (Å²) in [7, 11) is -3.33. The molecule has 2 heterocycles. The summed E-state index contributed by atoms with van der Waals surface area (Å²) in [6.07, 6.45) is 0.937. The molecule has 0 bridgehead atoms. The standard InChI is InChI=1S/C18H21NO6S/c20-16(14-3-1-2-11-9-25-10-15(11)14)19-13-4-5-26(23,24)18(8-13)6-12(7-18)17(21)22/h1-3,12-13H,4-10H2,(H,19,20)(H,21,22). The van der Waals surface area contributed by atoms with Gasteiger partial charge in [-0.15, -0.1) is 0 Å². The molecule has 0 aromatic heterocycles. The van der Waals surface area contributed by atoms with Gasteiger partial charge in [-0.2, -0.15) is 0 Å². The molecule has 3 aliphatic rings. The lowest BCUT2D eigenvalue weighted by Gasteiger charge is -2.49. The lowest BCUT2D eigenvalue weighted by Crippen LogP contribution is -2.60. The first-order chi connectivity index (χ1) is 12.3. The lowest BCUT2D eigenvalue weighted by atomic mass is 9.70. The summed E-state index contributed by atoms with van der Waals surface area (Å²) in [4.78, 5) is 23.8. The molecule has 2 N–H and O–H groups in total. The van der Waals surface area contributed by atoms with Gasteiger partial charge in [0.05, 0.1) is 29.6 Å². The second-order valence-electron chi connectivity index (χ2n) is 7.54. The summed E-state index contributed by atoms with van der Waals surface area (Å²) >= 11 is 0. The van der Waals surface area contributed by atoms with Gasteiger partial charge in [0.25, 0.3) is 5.91 Å². The molecule has 140 valence electrons. The average molecular weight is 379 g/mol. The molecule has 26 heavy (non-hydrogen) atoms. The fourth-order valence-electron chi connectivity index (χ4n) is 4.43. The van der Waals surface area contributed by atoms with Crippen molar-refractivity contribution in [3.63, 3.8) is 0 Å². The maximum Gasteiger partial charge on any atom is 0.306 e. The molecule has 1 saturated heterocycles. The maximum absolute atomic E-state index is 12.7. The second-order valence-corrected chi connectivity index (χ2v) is 10.0. The van der Waals surface area contributed by atoms with E-state index in [4.69, 9.17) is 9.84 Å². The second kappa shape index (κ2) is 6.06. The zero-order chi connectivity index (χ0) is 18.5. The van der Waals surface area contributed by atoms with Crippen LogP contribution in [0.4, 0.5) is 0 Å². The number of carboxylic acid groups (broad SMARTS) is 1. The maximum atomic E-state index is 12.7. The number of sulfone groups is 1. The highest BCUT2D eigenvalue weighted by atomic mass is 32.2. The molecule has 1 saturated carbocycles. The largest absolute Gasteiger partial charge is 0.481 e. The number of hydrogen-bond donors (Lipinski definition) is 2. The van der Waals surface area contributed by atoms with Crippen LogP contribution in [0.5, 0.6) is 0 Å². The van der Waals surface area contributed by atoms with Crippen molar-refractivity contribution >= 4 is 21.7 Å². The molecule has 1 atom stereocenters. The van der Waals surface area contributed by atoms with Crippen LogP contribution in [-0.2, 0) is 32.6 Å². The Morgan fingerprint density at radius 2 is 1.96 bits per heavy atom. The van der Waals surface area contributed by atoms with Gasteiger partial charge >= 0.3 is 5.97 Å². The number of carbonyl (C=O) groups excluding carboxylic acids is 1. The first-order valence-corrected chi connectivity index (χ1v) is 10.4. The number of aliphatic carboxylic acids is 1. The van der Waals surface area contributed by atoms with Crippen molar-refractivity contribution in [3.05, 3.63) is 34.9 Å². The molecule has 1 aromatic carbocycles. The van der Waals surface area contributed by atoms with Gasteiger partial charge in [-0.3, -0.25) is 9.59 Å². The number of amides is 1. The van der Waals surface area contributed by atoms with E-state index in [0.29, 0.717) is 25.2 Å². The predicted molar refractivity (Wildman–Crippen MR) is 92.3 cm³/mol. The molecule has 2 fully saturated rings. The minimum absolute atomic E-state index is 0.0136. The summed E-state index contributed by atoms with van der Waals surface area (Å²) < 4.78 is 29.4. The van der Waals surface area contributed by atoms with E-state index in [1.165, 1.54) is 0 Å². The molecular weight excluding hydrogens is 358 g/mol. The van der Waals surface area contributed by atoms with E-state index in [9.17, 15) is 18.0 Å². The number of nitrogens with one attached hydrogen (secondary N) is 1. The molecule has 1 aliphatic carbocycles. The Bertz CT molecular complexity index is 872. The number of ether oxygens (including phenoxy) is 1. The van der Waals surface area contributed by atoms with Crippen molar-refractivity contribution in [2.24, 2.45) is 5.92 Å². The van der Waals surface area contributed by atoms with Crippen molar-refractivity contribution in [2.75, 3.05) is 5.75 Å². The molecule has 1 amide bonds. The molecule has 2 aliphatic heterocycles. The third-order valence-electron chi connectivity index (χ3n) is 5.96. The Kier molecular flexibility index (Phi) is 4.07. The van der Waals surface area contributed by atoms with Gasteiger partial charge in [0.15, 0.2) is 9.84 Å². The van der Waals surface area contributed by atoms with Gasteiger partial charge in [0.1, 0.15) is 0 Å². The van der Waals surface area contributed by atoms with E-state index in [-0.39, 0.29) is 37.0 Å². The van der Waals surface area contributed by atoms with Gasteiger partial charge in [0, 0.05) is 11.6 Å². The zero-order valence-corrected chi connectivity index (χ0v) is 15.0. The minimum atomic E-state index is -3.33. The fraction of sp³-hybridized carbons (Fsp3) is 0.556. The number of carbonyl (C=O) groups is 2. The summed E-state index contributed by atoms with van der Waals surface area (Å²) in [6.45, 7) is 0.903. The SMILES string of the molecule is O=C(NC1CCS(=O)(=O)C2(C1)CC(C(=O)O)C2)c1cccc2c1COC2. The summed E-state index contributed by atoms with van der Waals surface area (Å²) in [5.41, 5.74) is 2.46. The fourth-order valence-corrected chi connectivity index (χ4v) is 6.82. The number of carboxylic acids is 1. The van der Waals surface area contributed by atoms with Crippen LogP contribution in [0, 0.1) is 5.92 Å². The predicted octanol–water partition coefficient (Wildman–Crippen LogP) is 1.26. The van der Waals surface area contributed by atoms with Gasteiger partial charge in [0.2, 0.25) is 0 Å². The van der Waals surface area contributed by atoms with Gasteiger partial charge in [-0.1, -0.05) is 12.1 Å². The Morgan fingerprint density at radius 3 is 2.69 bits per heavy atom. The van der Waals surface area contributed by atoms with E-state index in [1.807, 2.05) is 12.1 Å². The lowest BCUT2D eigenvalue weighted by molar-refractivity contribution is -0.145. The van der Waals surface area contributed by atoms with E-state index >= 15 is 0 Å². The topological polar surface area (TPSA) is 110 Å². The van der Waals surface area contributed by atoms with Crippen LogP contribution >= 0.6 is 0 Å². The smallest absolute Gasteiger partial charge is 0.306 e. The first-order valence-electron chi connectivity index (χ1n) is 8.76. The van der Waals surface area contributed by atoms with E-state index in [1.54, 1.807) is 6.07 Å². The van der Waals surface area contributed by atoms with Crippen LogP contribution in [0.25, 0.3) is 0 Å². The number of hydrogen-bond acceptors (Lipinski definition) is 5. The van der Waals surface area contributed by atoms with Gasteiger partial charge in [-0.25, -0.2) is 8.42 Å². The third kappa shape index (κ3) is 2.72. The molecule has 1 unspecified atom stereocenters. The van der Waals surface area contributed by atoms with E-state index in [2.05, 4.69) is 5.32 Å². The molecular formula is C18H21NO6S. The quantitative estimate of drug-likeness (QED) is 0.818. The Balaban J connectivity index is 1.49. The highest BCUT2D eigenvalue weighted by Gasteiger charge is 2.58. The Hall–Kier alpha value is -1.93. The Morgan fingerprint density at radius 1 is 1.19 bits per heavy atom. The highest BCUT2D eigenvalue weighted by Crippen LogP contribution is 2.50. The van der Waals surface area contributed by atoms with Crippen molar-refractivity contribution < 1.29 is 27.9 Å². The van der Waals surface area contributed by atoms with Crippen LogP contribution in [0.1, 0.15) is 47.2 Å².